The molecule has 1 aromatic rings. The predicted molar refractivity (Wildman–Crippen MR) is 102 cm³/mol. The first kappa shape index (κ1) is 19.5. The second-order valence-corrected chi connectivity index (χ2v) is 8.33. The number of nitrogens with one attached hydrogen (secondary N) is 1. The van der Waals surface area contributed by atoms with Crippen LogP contribution in [0.1, 0.15) is 45.4 Å². The lowest BCUT2D eigenvalue weighted by atomic mass is 9.97. The van der Waals surface area contributed by atoms with Crippen LogP contribution in [0.25, 0.3) is 0 Å². The molecule has 0 radical (unpaired) electrons. The van der Waals surface area contributed by atoms with Gasteiger partial charge < -0.3 is 5.32 Å². The van der Waals surface area contributed by atoms with Gasteiger partial charge in [-0.3, -0.25) is 9.10 Å². The highest BCUT2D eigenvalue weighted by Gasteiger charge is 2.31. The average molecular weight is 365 g/mol. The van der Waals surface area contributed by atoms with E-state index in [1.54, 1.807) is 24.3 Å². The first-order valence-electron chi connectivity index (χ1n) is 8.93. The molecule has 1 aliphatic carbocycles. The standard InChI is InChI=1S/C19H28N2O3S/c1-3-18(19(22)20-15-14-16-10-6-4-7-11-16)21(25(2,23)24)17-12-8-5-9-13-17/h5,8-10,12-13,18H,3-4,6-7,11,14-15H2,1-2H3,(H,20,22)/t18-/m0/s1. The number of nitrogens with zero attached hydrogens (tertiary/aromatic N) is 1. The van der Waals surface area contributed by atoms with Crippen LogP contribution in [-0.2, 0) is 14.8 Å². The molecule has 1 amide bonds. The predicted octanol–water partition coefficient (Wildman–Crippen LogP) is 3.24. The molecule has 0 saturated carbocycles. The molecule has 0 aromatic heterocycles. The van der Waals surface area contributed by atoms with Crippen molar-refractivity contribution in [2.45, 2.75) is 51.5 Å². The Morgan fingerprint density at radius 2 is 1.96 bits per heavy atom. The SMILES string of the molecule is CC[C@@H](C(=O)NCCC1=CCCCC1)N(c1ccccc1)S(C)(=O)=O. The minimum absolute atomic E-state index is 0.242. The van der Waals surface area contributed by atoms with E-state index in [2.05, 4.69) is 11.4 Å². The van der Waals surface area contributed by atoms with Crippen LogP contribution in [-0.4, -0.2) is 33.2 Å². The van der Waals surface area contributed by atoms with Crippen molar-refractivity contribution >= 4 is 21.6 Å². The van der Waals surface area contributed by atoms with E-state index in [4.69, 9.17) is 0 Å². The summed E-state index contributed by atoms with van der Waals surface area (Å²) in [5.74, 6) is -0.242. The maximum atomic E-state index is 12.6. The first-order chi connectivity index (χ1) is 11.9. The third-order valence-electron chi connectivity index (χ3n) is 4.47. The van der Waals surface area contributed by atoms with Crippen LogP contribution in [0.4, 0.5) is 5.69 Å². The van der Waals surface area contributed by atoms with Crippen LogP contribution >= 0.6 is 0 Å². The summed E-state index contributed by atoms with van der Waals surface area (Å²) in [6, 6.07) is 8.05. The zero-order chi connectivity index (χ0) is 18.3. The van der Waals surface area contributed by atoms with E-state index in [-0.39, 0.29) is 5.91 Å². The van der Waals surface area contributed by atoms with Gasteiger partial charge in [0.2, 0.25) is 15.9 Å². The molecule has 25 heavy (non-hydrogen) atoms. The van der Waals surface area contributed by atoms with Gasteiger partial charge in [-0.1, -0.05) is 36.8 Å². The van der Waals surface area contributed by atoms with Crippen molar-refractivity contribution in [2.24, 2.45) is 0 Å². The molecule has 1 N–H and O–H groups in total. The number of anilines is 1. The lowest BCUT2D eigenvalue weighted by molar-refractivity contribution is -0.122. The number of amides is 1. The maximum absolute atomic E-state index is 12.6. The van der Waals surface area contributed by atoms with Crippen molar-refractivity contribution in [2.75, 3.05) is 17.1 Å². The fraction of sp³-hybridized carbons (Fsp3) is 0.526. The van der Waals surface area contributed by atoms with Gasteiger partial charge in [-0.15, -0.1) is 0 Å². The van der Waals surface area contributed by atoms with Gasteiger partial charge in [-0.05, 0) is 50.7 Å². The molecule has 0 unspecified atom stereocenters. The number of para-hydroxylation sites is 1. The highest BCUT2D eigenvalue weighted by molar-refractivity contribution is 7.92. The van der Waals surface area contributed by atoms with Gasteiger partial charge in [0.25, 0.3) is 0 Å². The molecule has 138 valence electrons. The minimum Gasteiger partial charge on any atom is -0.354 e. The summed E-state index contributed by atoms with van der Waals surface area (Å²) >= 11 is 0. The molecule has 0 aliphatic heterocycles. The van der Waals surface area contributed by atoms with Gasteiger partial charge in [0.05, 0.1) is 11.9 Å². The molecule has 1 aliphatic rings. The van der Waals surface area contributed by atoms with Gasteiger partial charge in [-0.25, -0.2) is 8.42 Å². The van der Waals surface area contributed by atoms with E-state index in [1.165, 1.54) is 22.7 Å². The van der Waals surface area contributed by atoms with Crippen molar-refractivity contribution in [3.8, 4) is 0 Å². The Bertz CT molecular complexity index is 699. The molecule has 6 heteroatoms. The number of sulfonamides is 1. The van der Waals surface area contributed by atoms with Gasteiger partial charge >= 0.3 is 0 Å². The number of allylic oxidation sites excluding steroid dienone is 1. The summed E-state index contributed by atoms with van der Waals surface area (Å²) < 4.78 is 25.8. The smallest absolute Gasteiger partial charge is 0.243 e. The fourth-order valence-electron chi connectivity index (χ4n) is 3.23. The highest BCUT2D eigenvalue weighted by Crippen LogP contribution is 2.22. The zero-order valence-electron chi connectivity index (χ0n) is 15.1. The third kappa shape index (κ3) is 5.59. The van der Waals surface area contributed by atoms with Gasteiger partial charge in [0.15, 0.2) is 0 Å². The molecular weight excluding hydrogens is 336 g/mol. The lowest BCUT2D eigenvalue weighted by Gasteiger charge is -2.30. The monoisotopic (exact) mass is 364 g/mol. The third-order valence-corrected chi connectivity index (χ3v) is 5.65. The molecule has 0 fully saturated rings. The van der Waals surface area contributed by atoms with E-state index in [0.717, 1.165) is 25.5 Å². The van der Waals surface area contributed by atoms with Crippen LogP contribution < -0.4 is 9.62 Å². The van der Waals surface area contributed by atoms with Crippen molar-refractivity contribution in [1.29, 1.82) is 0 Å². The minimum atomic E-state index is -3.56. The number of hydrogen-bond donors (Lipinski definition) is 1. The second kappa shape index (κ2) is 9.04. The molecular formula is C19H28N2O3S. The summed E-state index contributed by atoms with van der Waals surface area (Å²) in [6.45, 7) is 2.38. The zero-order valence-corrected chi connectivity index (χ0v) is 15.9. The Hall–Kier alpha value is -1.82. The fourth-order valence-corrected chi connectivity index (χ4v) is 4.44. The number of carbonyl (C=O) groups excluding carboxylic acids is 1. The Morgan fingerprint density at radius 3 is 2.52 bits per heavy atom. The van der Waals surface area contributed by atoms with E-state index >= 15 is 0 Å². The van der Waals surface area contributed by atoms with Gasteiger partial charge in [0, 0.05) is 6.54 Å². The normalized spacial score (nSPS) is 16.0. The summed E-state index contributed by atoms with van der Waals surface area (Å²) in [6.07, 6.45) is 9.34. The Morgan fingerprint density at radius 1 is 1.24 bits per heavy atom. The molecule has 0 heterocycles. The van der Waals surface area contributed by atoms with E-state index in [0.29, 0.717) is 18.7 Å². The molecule has 1 atom stereocenters. The molecule has 2 rings (SSSR count). The van der Waals surface area contributed by atoms with Crippen molar-refractivity contribution < 1.29 is 13.2 Å². The van der Waals surface area contributed by atoms with E-state index in [1.807, 2.05) is 13.0 Å². The number of benzene rings is 1. The second-order valence-electron chi connectivity index (χ2n) is 6.47. The Kier molecular flexibility index (Phi) is 7.05. The largest absolute Gasteiger partial charge is 0.354 e. The molecule has 0 saturated heterocycles. The van der Waals surface area contributed by atoms with Crippen molar-refractivity contribution in [3.05, 3.63) is 42.0 Å². The molecule has 1 aromatic carbocycles. The van der Waals surface area contributed by atoms with Crippen LogP contribution in [0, 0.1) is 0 Å². The van der Waals surface area contributed by atoms with E-state index < -0.39 is 16.1 Å². The molecule has 5 nitrogen and oxygen atoms in total. The summed E-state index contributed by atoms with van der Waals surface area (Å²) in [5, 5.41) is 2.92. The Balaban J connectivity index is 2.06. The highest BCUT2D eigenvalue weighted by atomic mass is 32.2. The summed E-state index contributed by atoms with van der Waals surface area (Å²) in [4.78, 5) is 12.6. The van der Waals surface area contributed by atoms with Crippen LogP contribution in [0.15, 0.2) is 42.0 Å². The van der Waals surface area contributed by atoms with Crippen LogP contribution in [0.2, 0.25) is 0 Å². The van der Waals surface area contributed by atoms with E-state index in [9.17, 15) is 13.2 Å². The van der Waals surface area contributed by atoms with Crippen molar-refractivity contribution in [3.63, 3.8) is 0 Å². The van der Waals surface area contributed by atoms with Gasteiger partial charge in [0.1, 0.15) is 6.04 Å². The molecule has 0 bridgehead atoms. The summed E-state index contributed by atoms with van der Waals surface area (Å²) in [5.41, 5.74) is 1.91. The topological polar surface area (TPSA) is 66.5 Å². The van der Waals surface area contributed by atoms with Crippen LogP contribution in [0.3, 0.4) is 0 Å². The number of carbonyl (C=O) groups is 1. The first-order valence-corrected chi connectivity index (χ1v) is 10.8. The average Bonchev–Trinajstić information content (AvgIpc) is 2.60. The maximum Gasteiger partial charge on any atom is 0.243 e. The summed E-state index contributed by atoms with van der Waals surface area (Å²) in [7, 11) is -3.56. The van der Waals surface area contributed by atoms with Crippen molar-refractivity contribution in [1.82, 2.24) is 5.32 Å². The molecule has 0 spiro atoms. The Labute approximate surface area is 151 Å². The lowest BCUT2D eigenvalue weighted by Crippen LogP contribution is -2.49. The number of rotatable bonds is 8. The van der Waals surface area contributed by atoms with Gasteiger partial charge in [-0.2, -0.15) is 0 Å². The quantitative estimate of drug-likeness (QED) is 0.720. The van der Waals surface area contributed by atoms with Crippen LogP contribution in [0.5, 0.6) is 0 Å². The number of hydrogen-bond acceptors (Lipinski definition) is 3.